The van der Waals surface area contributed by atoms with Crippen molar-refractivity contribution in [3.8, 4) is 5.75 Å². The highest BCUT2D eigenvalue weighted by Crippen LogP contribution is 2.37. The van der Waals surface area contributed by atoms with Crippen molar-refractivity contribution in [3.05, 3.63) is 108 Å². The highest BCUT2D eigenvalue weighted by atomic mass is 16.6. The van der Waals surface area contributed by atoms with Gasteiger partial charge in [0.15, 0.2) is 0 Å². The molecule has 26 heavy (non-hydrogen) atoms. The van der Waals surface area contributed by atoms with E-state index in [9.17, 15) is 4.79 Å². The van der Waals surface area contributed by atoms with E-state index >= 15 is 0 Å². The van der Waals surface area contributed by atoms with Crippen molar-refractivity contribution in [1.82, 2.24) is 0 Å². The molecule has 128 valence electrons. The predicted octanol–water partition coefficient (Wildman–Crippen LogP) is 4.82. The van der Waals surface area contributed by atoms with Crippen LogP contribution in [0.2, 0.25) is 0 Å². The van der Waals surface area contributed by atoms with Crippen molar-refractivity contribution in [1.29, 1.82) is 0 Å². The zero-order valence-corrected chi connectivity index (χ0v) is 14.1. The second kappa shape index (κ2) is 7.28. The van der Waals surface area contributed by atoms with E-state index in [1.165, 1.54) is 0 Å². The maximum absolute atomic E-state index is 12.8. The minimum Gasteiger partial charge on any atom is -0.477 e. The zero-order valence-electron chi connectivity index (χ0n) is 14.1. The maximum atomic E-state index is 12.8. The summed E-state index contributed by atoms with van der Waals surface area (Å²) in [6.45, 7) is 0. The monoisotopic (exact) mass is 342 g/mol. The van der Waals surface area contributed by atoms with Gasteiger partial charge >= 0.3 is 5.97 Å². The smallest absolute Gasteiger partial charge is 0.353 e. The van der Waals surface area contributed by atoms with Gasteiger partial charge in [0.2, 0.25) is 6.10 Å². The van der Waals surface area contributed by atoms with Gasteiger partial charge in [0.25, 0.3) is 0 Å². The Morgan fingerprint density at radius 2 is 1.35 bits per heavy atom. The van der Waals surface area contributed by atoms with Crippen LogP contribution in [0.4, 0.5) is 0 Å². The lowest BCUT2D eigenvalue weighted by Crippen LogP contribution is -2.30. The number of esters is 1. The summed E-state index contributed by atoms with van der Waals surface area (Å²) in [6.07, 6.45) is 1.29. The molecule has 4 rings (SSSR count). The molecule has 0 radical (unpaired) electrons. The molecule has 0 unspecified atom stereocenters. The van der Waals surface area contributed by atoms with Crippen molar-refractivity contribution >= 4 is 11.7 Å². The van der Waals surface area contributed by atoms with E-state index in [2.05, 4.69) is 0 Å². The molecular formula is C23H18O3. The number of carbonyl (C=O) groups excluding carboxylic acids is 1. The molecule has 1 aliphatic heterocycles. The highest BCUT2D eigenvalue weighted by molar-refractivity contribution is 5.82. The summed E-state index contributed by atoms with van der Waals surface area (Å²) in [6, 6.07) is 28.7. The lowest BCUT2D eigenvalue weighted by molar-refractivity contribution is -0.143. The minimum absolute atomic E-state index is 0.192. The fourth-order valence-electron chi connectivity index (χ4n) is 3.07. The Morgan fingerprint density at radius 3 is 2.00 bits per heavy atom. The largest absolute Gasteiger partial charge is 0.477 e. The van der Waals surface area contributed by atoms with E-state index in [-0.39, 0.29) is 5.92 Å². The standard InChI is InChI=1S/C23H18O3/c24-23(25-19-14-8-3-9-15-19)22-20(17-10-4-1-5-11-17)16-21(26-22)18-12-6-2-7-13-18/h1-16,20,22H/t20-,22+/m0/s1. The van der Waals surface area contributed by atoms with E-state index in [1.54, 1.807) is 12.1 Å². The van der Waals surface area contributed by atoms with Crippen LogP contribution in [-0.2, 0) is 9.53 Å². The Bertz CT molecular complexity index is 902. The van der Waals surface area contributed by atoms with Crippen molar-refractivity contribution < 1.29 is 14.3 Å². The number of hydrogen-bond acceptors (Lipinski definition) is 3. The molecule has 3 aromatic carbocycles. The first kappa shape index (κ1) is 16.2. The first-order valence-electron chi connectivity index (χ1n) is 8.57. The van der Waals surface area contributed by atoms with Crippen LogP contribution in [0.1, 0.15) is 17.0 Å². The van der Waals surface area contributed by atoms with Crippen LogP contribution < -0.4 is 4.74 Å². The van der Waals surface area contributed by atoms with Crippen LogP contribution in [0, 0.1) is 0 Å². The van der Waals surface area contributed by atoms with Gasteiger partial charge in [0.05, 0.1) is 5.92 Å². The first-order valence-corrected chi connectivity index (χ1v) is 8.57. The molecule has 0 saturated heterocycles. The van der Waals surface area contributed by atoms with E-state index in [1.807, 2.05) is 84.9 Å². The van der Waals surface area contributed by atoms with Crippen LogP contribution in [-0.4, -0.2) is 12.1 Å². The average Bonchev–Trinajstić information content (AvgIpc) is 3.16. The highest BCUT2D eigenvalue weighted by Gasteiger charge is 2.38. The molecule has 0 aliphatic carbocycles. The third-order valence-electron chi connectivity index (χ3n) is 4.35. The summed E-state index contributed by atoms with van der Waals surface area (Å²) in [4.78, 5) is 12.8. The topological polar surface area (TPSA) is 35.5 Å². The number of ether oxygens (including phenoxy) is 2. The fourth-order valence-corrected chi connectivity index (χ4v) is 3.07. The number of benzene rings is 3. The second-order valence-corrected chi connectivity index (χ2v) is 6.11. The van der Waals surface area contributed by atoms with Crippen molar-refractivity contribution in [3.63, 3.8) is 0 Å². The maximum Gasteiger partial charge on any atom is 0.353 e. The summed E-state index contributed by atoms with van der Waals surface area (Å²) in [5.41, 5.74) is 1.97. The van der Waals surface area contributed by atoms with E-state index in [4.69, 9.17) is 9.47 Å². The Morgan fingerprint density at radius 1 is 0.769 bits per heavy atom. The van der Waals surface area contributed by atoms with Crippen molar-refractivity contribution in [2.75, 3.05) is 0 Å². The van der Waals surface area contributed by atoms with Crippen molar-refractivity contribution in [2.45, 2.75) is 12.0 Å². The normalized spacial score (nSPS) is 18.7. The first-order chi connectivity index (χ1) is 12.8. The minimum atomic E-state index is -0.715. The quantitative estimate of drug-likeness (QED) is 0.504. The van der Waals surface area contributed by atoms with Gasteiger partial charge in [0, 0.05) is 5.56 Å². The lowest BCUT2D eigenvalue weighted by atomic mass is 9.94. The third kappa shape index (κ3) is 3.38. The molecular weight excluding hydrogens is 324 g/mol. The van der Waals surface area contributed by atoms with Crippen LogP contribution >= 0.6 is 0 Å². The van der Waals surface area contributed by atoms with E-state index in [0.29, 0.717) is 11.5 Å². The van der Waals surface area contributed by atoms with E-state index in [0.717, 1.165) is 11.1 Å². The number of carbonyl (C=O) groups is 1. The van der Waals surface area contributed by atoms with Gasteiger partial charge < -0.3 is 9.47 Å². The predicted molar refractivity (Wildman–Crippen MR) is 101 cm³/mol. The summed E-state index contributed by atoms with van der Waals surface area (Å²) in [5.74, 6) is 0.630. The number of para-hydroxylation sites is 1. The van der Waals surface area contributed by atoms with Gasteiger partial charge in [-0.2, -0.15) is 0 Å². The summed E-state index contributed by atoms with van der Waals surface area (Å²) >= 11 is 0. The summed E-state index contributed by atoms with van der Waals surface area (Å²) < 4.78 is 11.6. The molecule has 0 amide bonds. The molecule has 3 heteroatoms. The number of hydrogen-bond donors (Lipinski definition) is 0. The molecule has 2 atom stereocenters. The third-order valence-corrected chi connectivity index (χ3v) is 4.35. The molecule has 0 N–H and O–H groups in total. The Labute approximate surface area is 152 Å². The second-order valence-electron chi connectivity index (χ2n) is 6.11. The molecule has 0 bridgehead atoms. The molecule has 1 aliphatic rings. The SMILES string of the molecule is O=C(Oc1ccccc1)[C@@H]1OC(c2ccccc2)=C[C@H]1c1ccccc1. The average molecular weight is 342 g/mol. The molecule has 1 heterocycles. The molecule has 0 aromatic heterocycles. The molecule has 0 spiro atoms. The summed E-state index contributed by atoms with van der Waals surface area (Å²) in [5, 5.41) is 0. The number of rotatable bonds is 4. The Hall–Kier alpha value is -3.33. The van der Waals surface area contributed by atoms with Gasteiger partial charge in [-0.15, -0.1) is 0 Å². The Balaban J connectivity index is 1.63. The molecule has 3 nitrogen and oxygen atoms in total. The van der Waals surface area contributed by atoms with Crippen LogP contribution in [0.3, 0.4) is 0 Å². The Kier molecular flexibility index (Phi) is 4.52. The van der Waals surface area contributed by atoms with Crippen LogP contribution in [0.15, 0.2) is 97.1 Å². The van der Waals surface area contributed by atoms with Gasteiger partial charge in [-0.25, -0.2) is 4.79 Å². The molecule has 0 fully saturated rings. The van der Waals surface area contributed by atoms with Gasteiger partial charge in [-0.1, -0.05) is 78.9 Å². The molecule has 0 saturated carbocycles. The van der Waals surface area contributed by atoms with Crippen LogP contribution in [0.25, 0.3) is 5.76 Å². The van der Waals surface area contributed by atoms with E-state index < -0.39 is 12.1 Å². The summed E-state index contributed by atoms with van der Waals surface area (Å²) in [7, 11) is 0. The molecule has 3 aromatic rings. The van der Waals surface area contributed by atoms with Crippen molar-refractivity contribution in [2.24, 2.45) is 0 Å². The zero-order chi connectivity index (χ0) is 17.8. The lowest BCUT2D eigenvalue weighted by Gasteiger charge is -2.18. The fraction of sp³-hybridized carbons (Fsp3) is 0.0870. The van der Waals surface area contributed by atoms with Gasteiger partial charge in [-0.3, -0.25) is 0 Å². The van der Waals surface area contributed by atoms with Crippen LogP contribution in [0.5, 0.6) is 5.75 Å². The van der Waals surface area contributed by atoms with Gasteiger partial charge in [0.1, 0.15) is 11.5 Å². The van der Waals surface area contributed by atoms with Gasteiger partial charge in [-0.05, 0) is 23.8 Å².